The Morgan fingerprint density at radius 1 is 1.10 bits per heavy atom. The van der Waals surface area contributed by atoms with Crippen molar-refractivity contribution in [2.24, 2.45) is 0 Å². The molecule has 0 atom stereocenters. The molecule has 2 fully saturated rings. The van der Waals surface area contributed by atoms with E-state index >= 15 is 0 Å². The summed E-state index contributed by atoms with van der Waals surface area (Å²) >= 11 is 0. The molecule has 1 N–H and O–H groups in total. The molecule has 1 aliphatic carbocycles. The van der Waals surface area contributed by atoms with Crippen LogP contribution in [0.3, 0.4) is 0 Å². The van der Waals surface area contributed by atoms with E-state index in [0.717, 1.165) is 36.6 Å². The average Bonchev–Trinajstić information content (AvgIpc) is 3.32. The molecule has 0 unspecified atom stereocenters. The largest absolute Gasteiger partial charge is 0.373 e. The van der Waals surface area contributed by atoms with Gasteiger partial charge in [-0.3, -0.25) is 4.90 Å². The fourth-order valence-corrected chi connectivity index (χ4v) is 3.07. The fourth-order valence-electron chi connectivity index (χ4n) is 3.07. The lowest BCUT2D eigenvalue weighted by Crippen LogP contribution is -2.47. The standard InChI is InChI=1S/C16H27N5/c1-11(2)14-18-15(17-4)12(3)16(19-14)21-9-7-20(8-10-21)13-5-6-13/h11,13H,5-10H2,1-4H3,(H,17,18,19). The van der Waals surface area contributed by atoms with Crippen LogP contribution in [-0.4, -0.2) is 54.1 Å². The average molecular weight is 289 g/mol. The molecule has 1 aliphatic heterocycles. The summed E-state index contributed by atoms with van der Waals surface area (Å²) in [6.45, 7) is 10.9. The van der Waals surface area contributed by atoms with Crippen molar-refractivity contribution in [3.8, 4) is 0 Å². The second kappa shape index (κ2) is 5.79. The summed E-state index contributed by atoms with van der Waals surface area (Å²) in [6.07, 6.45) is 2.79. The van der Waals surface area contributed by atoms with Crippen molar-refractivity contribution in [2.75, 3.05) is 43.4 Å². The maximum atomic E-state index is 4.85. The van der Waals surface area contributed by atoms with E-state index in [1.54, 1.807) is 0 Å². The number of hydrogen-bond donors (Lipinski definition) is 1. The summed E-state index contributed by atoms with van der Waals surface area (Å²) < 4.78 is 0. The molecule has 2 heterocycles. The van der Waals surface area contributed by atoms with Crippen molar-refractivity contribution in [1.29, 1.82) is 0 Å². The van der Waals surface area contributed by atoms with Crippen molar-refractivity contribution >= 4 is 11.6 Å². The molecule has 0 amide bonds. The number of nitrogens with zero attached hydrogens (tertiary/aromatic N) is 4. The quantitative estimate of drug-likeness (QED) is 0.921. The van der Waals surface area contributed by atoms with Gasteiger partial charge >= 0.3 is 0 Å². The van der Waals surface area contributed by atoms with Crippen molar-refractivity contribution in [1.82, 2.24) is 14.9 Å². The number of aromatic nitrogens is 2. The van der Waals surface area contributed by atoms with Gasteiger partial charge in [-0.2, -0.15) is 0 Å². The predicted molar refractivity (Wildman–Crippen MR) is 87.2 cm³/mol. The first kappa shape index (κ1) is 14.6. The monoisotopic (exact) mass is 289 g/mol. The Balaban J connectivity index is 1.81. The molecule has 0 spiro atoms. The van der Waals surface area contributed by atoms with Crippen LogP contribution in [0.5, 0.6) is 0 Å². The van der Waals surface area contributed by atoms with Crippen LogP contribution in [0.15, 0.2) is 0 Å². The first-order valence-corrected chi connectivity index (χ1v) is 8.15. The molecule has 1 saturated carbocycles. The van der Waals surface area contributed by atoms with Crippen LogP contribution in [-0.2, 0) is 0 Å². The molecule has 21 heavy (non-hydrogen) atoms. The summed E-state index contributed by atoms with van der Waals surface area (Å²) in [5.74, 6) is 3.37. The van der Waals surface area contributed by atoms with Gasteiger partial charge in [0, 0.05) is 50.7 Å². The van der Waals surface area contributed by atoms with Crippen LogP contribution < -0.4 is 10.2 Å². The maximum Gasteiger partial charge on any atom is 0.137 e. The highest BCUT2D eigenvalue weighted by atomic mass is 15.3. The number of nitrogens with one attached hydrogen (secondary N) is 1. The maximum absolute atomic E-state index is 4.85. The number of hydrogen-bond acceptors (Lipinski definition) is 5. The third kappa shape index (κ3) is 2.98. The third-order valence-electron chi connectivity index (χ3n) is 4.57. The van der Waals surface area contributed by atoms with Crippen LogP contribution in [0.4, 0.5) is 11.6 Å². The topological polar surface area (TPSA) is 44.3 Å². The highest BCUT2D eigenvalue weighted by Crippen LogP contribution is 2.30. The van der Waals surface area contributed by atoms with Crippen molar-refractivity contribution in [3.05, 3.63) is 11.4 Å². The molecule has 116 valence electrons. The lowest BCUT2D eigenvalue weighted by atomic mass is 10.2. The van der Waals surface area contributed by atoms with Gasteiger partial charge in [-0.1, -0.05) is 13.8 Å². The molecule has 1 aromatic rings. The molecule has 0 radical (unpaired) electrons. The SMILES string of the molecule is CNc1nc(C(C)C)nc(N2CCN(C3CC3)CC2)c1C. The normalized spacial score (nSPS) is 20.1. The second-order valence-electron chi connectivity index (χ2n) is 6.54. The van der Waals surface area contributed by atoms with E-state index in [1.807, 2.05) is 7.05 Å². The number of rotatable bonds is 4. The minimum atomic E-state index is 0.351. The van der Waals surface area contributed by atoms with E-state index < -0.39 is 0 Å². The van der Waals surface area contributed by atoms with Gasteiger partial charge in [0.15, 0.2) is 0 Å². The van der Waals surface area contributed by atoms with Gasteiger partial charge in [0.05, 0.1) is 0 Å². The zero-order valence-electron chi connectivity index (χ0n) is 13.7. The van der Waals surface area contributed by atoms with E-state index in [0.29, 0.717) is 5.92 Å². The van der Waals surface area contributed by atoms with E-state index in [9.17, 15) is 0 Å². The van der Waals surface area contributed by atoms with Gasteiger partial charge in [0.1, 0.15) is 17.5 Å². The van der Waals surface area contributed by atoms with Gasteiger partial charge in [0.2, 0.25) is 0 Å². The van der Waals surface area contributed by atoms with Gasteiger partial charge in [-0.05, 0) is 19.8 Å². The Kier molecular flexibility index (Phi) is 4.02. The van der Waals surface area contributed by atoms with Gasteiger partial charge < -0.3 is 10.2 Å². The lowest BCUT2D eigenvalue weighted by Gasteiger charge is -2.36. The molecular weight excluding hydrogens is 262 g/mol. The molecule has 0 bridgehead atoms. The molecule has 1 aromatic heterocycles. The zero-order chi connectivity index (χ0) is 15.0. The number of anilines is 2. The molecule has 5 heteroatoms. The molecule has 1 saturated heterocycles. The molecule has 0 aromatic carbocycles. The highest BCUT2D eigenvalue weighted by molar-refractivity contribution is 5.58. The Morgan fingerprint density at radius 2 is 1.76 bits per heavy atom. The fraction of sp³-hybridized carbons (Fsp3) is 0.750. The van der Waals surface area contributed by atoms with Crippen LogP contribution in [0.2, 0.25) is 0 Å². The van der Waals surface area contributed by atoms with Crippen molar-refractivity contribution in [2.45, 2.75) is 45.6 Å². The van der Waals surface area contributed by atoms with E-state index in [-0.39, 0.29) is 0 Å². The van der Waals surface area contributed by atoms with Crippen molar-refractivity contribution in [3.63, 3.8) is 0 Å². The Labute approximate surface area is 127 Å². The van der Waals surface area contributed by atoms with Crippen LogP contribution in [0, 0.1) is 6.92 Å². The Bertz CT molecular complexity index is 502. The zero-order valence-corrected chi connectivity index (χ0v) is 13.7. The Morgan fingerprint density at radius 3 is 2.29 bits per heavy atom. The van der Waals surface area contributed by atoms with Crippen LogP contribution in [0.25, 0.3) is 0 Å². The minimum Gasteiger partial charge on any atom is -0.373 e. The number of piperazine rings is 1. The highest BCUT2D eigenvalue weighted by Gasteiger charge is 2.32. The lowest BCUT2D eigenvalue weighted by molar-refractivity contribution is 0.247. The summed E-state index contributed by atoms with van der Waals surface area (Å²) in [5, 5.41) is 3.22. The van der Waals surface area contributed by atoms with Gasteiger partial charge in [-0.15, -0.1) is 0 Å². The molecule has 5 nitrogen and oxygen atoms in total. The first-order chi connectivity index (χ1) is 10.1. The van der Waals surface area contributed by atoms with E-state index in [4.69, 9.17) is 4.98 Å². The predicted octanol–water partition coefficient (Wildman–Crippen LogP) is 2.23. The van der Waals surface area contributed by atoms with E-state index in [1.165, 1.54) is 31.5 Å². The summed E-state index contributed by atoms with van der Waals surface area (Å²) in [4.78, 5) is 14.6. The first-order valence-electron chi connectivity index (χ1n) is 8.15. The molecule has 3 rings (SSSR count). The van der Waals surface area contributed by atoms with Crippen molar-refractivity contribution < 1.29 is 0 Å². The summed E-state index contributed by atoms with van der Waals surface area (Å²) in [6, 6.07) is 0.873. The van der Waals surface area contributed by atoms with Gasteiger partial charge in [0.25, 0.3) is 0 Å². The summed E-state index contributed by atoms with van der Waals surface area (Å²) in [7, 11) is 1.94. The van der Waals surface area contributed by atoms with E-state index in [2.05, 4.69) is 40.9 Å². The van der Waals surface area contributed by atoms with Crippen LogP contribution >= 0.6 is 0 Å². The third-order valence-corrected chi connectivity index (χ3v) is 4.57. The summed E-state index contributed by atoms with van der Waals surface area (Å²) in [5.41, 5.74) is 1.17. The molecular formula is C16H27N5. The molecule has 2 aliphatic rings. The van der Waals surface area contributed by atoms with Crippen LogP contribution in [0.1, 0.15) is 44.0 Å². The Hall–Kier alpha value is -1.36. The smallest absolute Gasteiger partial charge is 0.137 e. The minimum absolute atomic E-state index is 0.351. The second-order valence-corrected chi connectivity index (χ2v) is 6.54. The van der Waals surface area contributed by atoms with Gasteiger partial charge in [-0.25, -0.2) is 9.97 Å².